The normalized spacial score (nSPS) is 10.4. The molecule has 2 aromatic heterocycles. The van der Waals surface area contributed by atoms with Crippen molar-refractivity contribution in [3.05, 3.63) is 24.1 Å². The van der Waals surface area contributed by atoms with Crippen LogP contribution in [0, 0.1) is 0 Å². The number of furan rings is 1. The van der Waals surface area contributed by atoms with E-state index in [4.69, 9.17) is 10.2 Å². The average molecular weight is 192 g/mol. The molecule has 0 atom stereocenters. The minimum absolute atomic E-state index is 0.251. The van der Waals surface area contributed by atoms with Crippen LogP contribution >= 0.6 is 0 Å². The Labute approximate surface area is 79.5 Å². The number of ether oxygens (including phenoxy) is 1. The van der Waals surface area contributed by atoms with Gasteiger partial charge in [0.05, 0.1) is 24.4 Å². The highest BCUT2D eigenvalue weighted by Gasteiger charge is 2.14. The number of methoxy groups -OCH3 is 1. The molecule has 2 rings (SSSR count). The van der Waals surface area contributed by atoms with E-state index in [1.54, 1.807) is 6.07 Å². The molecule has 0 aromatic carbocycles. The van der Waals surface area contributed by atoms with Gasteiger partial charge in [-0.05, 0) is 6.07 Å². The number of carbonyl (C=O) groups excluding carboxylic acids is 1. The summed E-state index contributed by atoms with van der Waals surface area (Å²) in [7, 11) is 1.29. The van der Waals surface area contributed by atoms with Gasteiger partial charge in [0.2, 0.25) is 5.71 Å². The summed E-state index contributed by atoms with van der Waals surface area (Å²) in [4.78, 5) is 15.2. The van der Waals surface area contributed by atoms with Gasteiger partial charge in [0, 0.05) is 6.20 Å². The number of nitrogens with two attached hydrogens (primary N) is 1. The van der Waals surface area contributed by atoms with Gasteiger partial charge in [-0.3, -0.25) is 0 Å². The molecule has 0 bridgehead atoms. The van der Waals surface area contributed by atoms with Crippen molar-refractivity contribution in [3.8, 4) is 0 Å². The molecule has 72 valence electrons. The first kappa shape index (κ1) is 8.55. The van der Waals surface area contributed by atoms with E-state index in [2.05, 4.69) is 9.72 Å². The van der Waals surface area contributed by atoms with Gasteiger partial charge in [0.25, 0.3) is 0 Å². The van der Waals surface area contributed by atoms with E-state index >= 15 is 0 Å². The number of carbonyl (C=O) groups is 1. The summed E-state index contributed by atoms with van der Waals surface area (Å²) < 4.78 is 9.58. The summed E-state index contributed by atoms with van der Waals surface area (Å²) in [6, 6.07) is 1.66. The number of hydrogen-bond donors (Lipinski definition) is 1. The molecule has 14 heavy (non-hydrogen) atoms. The molecule has 2 heterocycles. The van der Waals surface area contributed by atoms with Crippen LogP contribution in [0.15, 0.2) is 22.9 Å². The van der Waals surface area contributed by atoms with E-state index in [-0.39, 0.29) is 5.56 Å². The third kappa shape index (κ3) is 1.10. The number of aromatic nitrogens is 1. The second-order valence-electron chi connectivity index (χ2n) is 2.72. The minimum atomic E-state index is -0.502. The summed E-state index contributed by atoms with van der Waals surface area (Å²) in [6.07, 6.45) is 2.81. The molecule has 5 nitrogen and oxygen atoms in total. The fraction of sp³-hybridized carbons (Fsp3) is 0.111. The highest BCUT2D eigenvalue weighted by atomic mass is 16.5. The molecule has 0 aliphatic rings. The fourth-order valence-electron chi connectivity index (χ4n) is 1.22. The summed E-state index contributed by atoms with van der Waals surface area (Å²) >= 11 is 0. The summed E-state index contributed by atoms with van der Waals surface area (Å²) in [5, 5.41) is 0.618. The number of rotatable bonds is 1. The van der Waals surface area contributed by atoms with Gasteiger partial charge in [-0.25, -0.2) is 9.78 Å². The first-order chi connectivity index (χ1) is 6.74. The van der Waals surface area contributed by atoms with Gasteiger partial charge in [0.1, 0.15) is 5.56 Å². The standard InChI is InChI=1S/C9H8N2O3/c1-13-9(12)6-4-11-8-5(7(6)10)2-3-14-8/h2-4H,1H3,(H2,10,11). The Kier molecular flexibility index (Phi) is 1.85. The number of pyridine rings is 1. The van der Waals surface area contributed by atoms with Crippen molar-refractivity contribution in [3.63, 3.8) is 0 Å². The van der Waals surface area contributed by atoms with Gasteiger partial charge in [0.15, 0.2) is 0 Å². The highest BCUT2D eigenvalue weighted by Crippen LogP contribution is 2.23. The van der Waals surface area contributed by atoms with Gasteiger partial charge in [-0.2, -0.15) is 0 Å². The zero-order chi connectivity index (χ0) is 10.1. The Bertz CT molecular complexity index is 490. The van der Waals surface area contributed by atoms with E-state index in [0.717, 1.165) is 0 Å². The number of esters is 1. The molecule has 0 spiro atoms. The van der Waals surface area contributed by atoms with Crippen molar-refractivity contribution in [2.45, 2.75) is 0 Å². The van der Waals surface area contributed by atoms with Crippen molar-refractivity contribution < 1.29 is 13.9 Å². The van der Waals surface area contributed by atoms with E-state index in [0.29, 0.717) is 16.8 Å². The van der Waals surface area contributed by atoms with Gasteiger partial charge in [-0.1, -0.05) is 0 Å². The Morgan fingerprint density at radius 3 is 3.14 bits per heavy atom. The lowest BCUT2D eigenvalue weighted by Gasteiger charge is -2.02. The smallest absolute Gasteiger partial charge is 0.341 e. The van der Waals surface area contributed by atoms with Crippen LogP contribution in [0.25, 0.3) is 11.1 Å². The molecule has 5 heteroatoms. The molecule has 0 fully saturated rings. The monoisotopic (exact) mass is 192 g/mol. The van der Waals surface area contributed by atoms with Gasteiger partial charge >= 0.3 is 5.97 Å². The number of nitrogen functional groups attached to an aromatic ring is 1. The van der Waals surface area contributed by atoms with Crippen molar-refractivity contribution in [1.29, 1.82) is 0 Å². The van der Waals surface area contributed by atoms with Gasteiger partial charge in [-0.15, -0.1) is 0 Å². The Balaban J connectivity index is 2.67. The summed E-state index contributed by atoms with van der Waals surface area (Å²) in [6.45, 7) is 0. The van der Waals surface area contributed by atoms with Crippen LogP contribution in [-0.4, -0.2) is 18.1 Å². The second kappa shape index (κ2) is 3.02. The Morgan fingerprint density at radius 1 is 1.64 bits per heavy atom. The van der Waals surface area contributed by atoms with Crippen LogP contribution < -0.4 is 5.73 Å². The third-order valence-corrected chi connectivity index (χ3v) is 1.94. The minimum Gasteiger partial charge on any atom is -0.465 e. The lowest BCUT2D eigenvalue weighted by atomic mass is 10.2. The largest absolute Gasteiger partial charge is 0.465 e. The zero-order valence-electron chi connectivity index (χ0n) is 7.48. The van der Waals surface area contributed by atoms with E-state index in [1.165, 1.54) is 19.6 Å². The van der Waals surface area contributed by atoms with Crippen LogP contribution in [-0.2, 0) is 4.74 Å². The van der Waals surface area contributed by atoms with Gasteiger partial charge < -0.3 is 14.9 Å². The molecule has 0 radical (unpaired) electrons. The summed E-state index contributed by atoms with van der Waals surface area (Å²) in [5.74, 6) is -0.502. The maximum Gasteiger partial charge on any atom is 0.341 e. The number of nitrogens with zero attached hydrogens (tertiary/aromatic N) is 1. The lowest BCUT2D eigenvalue weighted by Crippen LogP contribution is -2.06. The number of anilines is 1. The fourth-order valence-corrected chi connectivity index (χ4v) is 1.22. The second-order valence-corrected chi connectivity index (χ2v) is 2.72. The molecule has 0 aliphatic heterocycles. The molecule has 0 aliphatic carbocycles. The van der Waals surface area contributed by atoms with Crippen molar-refractivity contribution >= 4 is 22.8 Å². The van der Waals surface area contributed by atoms with Crippen LogP contribution in [0.4, 0.5) is 5.69 Å². The number of hydrogen-bond acceptors (Lipinski definition) is 5. The molecule has 0 saturated carbocycles. The molecule has 2 aromatic rings. The quantitative estimate of drug-likeness (QED) is 0.686. The maximum absolute atomic E-state index is 11.2. The van der Waals surface area contributed by atoms with E-state index in [1.807, 2.05) is 0 Å². The van der Waals surface area contributed by atoms with E-state index in [9.17, 15) is 4.79 Å². The van der Waals surface area contributed by atoms with Crippen LogP contribution in [0.2, 0.25) is 0 Å². The number of fused-ring (bicyclic) bond motifs is 1. The zero-order valence-corrected chi connectivity index (χ0v) is 7.48. The summed E-state index contributed by atoms with van der Waals surface area (Å²) in [5.41, 5.74) is 6.73. The molecular formula is C9H8N2O3. The third-order valence-electron chi connectivity index (χ3n) is 1.94. The van der Waals surface area contributed by atoms with Crippen LogP contribution in [0.1, 0.15) is 10.4 Å². The molecular weight excluding hydrogens is 184 g/mol. The molecule has 0 unspecified atom stereocenters. The first-order valence-electron chi connectivity index (χ1n) is 3.94. The Hall–Kier alpha value is -2.04. The molecule has 0 saturated heterocycles. The highest BCUT2D eigenvalue weighted by molar-refractivity contribution is 6.02. The van der Waals surface area contributed by atoms with Crippen LogP contribution in [0.5, 0.6) is 0 Å². The van der Waals surface area contributed by atoms with Crippen molar-refractivity contribution in [2.24, 2.45) is 0 Å². The average Bonchev–Trinajstić information content (AvgIpc) is 2.66. The SMILES string of the molecule is COC(=O)c1cnc2occc2c1N. The molecule has 2 N–H and O–H groups in total. The van der Waals surface area contributed by atoms with Crippen LogP contribution in [0.3, 0.4) is 0 Å². The van der Waals surface area contributed by atoms with Crippen molar-refractivity contribution in [2.75, 3.05) is 12.8 Å². The Morgan fingerprint density at radius 2 is 2.43 bits per heavy atom. The van der Waals surface area contributed by atoms with Crippen molar-refractivity contribution in [1.82, 2.24) is 4.98 Å². The predicted octanol–water partition coefficient (Wildman–Crippen LogP) is 1.20. The molecule has 0 amide bonds. The predicted molar refractivity (Wildman–Crippen MR) is 49.8 cm³/mol. The first-order valence-corrected chi connectivity index (χ1v) is 3.94. The van der Waals surface area contributed by atoms with E-state index < -0.39 is 5.97 Å². The lowest BCUT2D eigenvalue weighted by molar-refractivity contribution is 0.0601. The topological polar surface area (TPSA) is 78.3 Å². The maximum atomic E-state index is 11.2.